The molecule has 0 amide bonds. The maximum atomic E-state index is 5.68. The summed E-state index contributed by atoms with van der Waals surface area (Å²) in [6.07, 6.45) is 6.22. The molecule has 0 saturated heterocycles. The van der Waals surface area contributed by atoms with Crippen LogP contribution in [0, 0.1) is 6.92 Å². The highest BCUT2D eigenvalue weighted by Crippen LogP contribution is 2.40. The molecule has 23 heavy (non-hydrogen) atoms. The van der Waals surface area contributed by atoms with Crippen LogP contribution in [0.15, 0.2) is 32.6 Å². The highest BCUT2D eigenvalue weighted by Gasteiger charge is 2.38. The molecular weight excluding hydrogens is 312 g/mol. The molecule has 120 valence electrons. The van der Waals surface area contributed by atoms with Gasteiger partial charge in [-0.15, -0.1) is 21.5 Å². The molecule has 1 fully saturated rings. The second-order valence-corrected chi connectivity index (χ2v) is 6.77. The Bertz CT molecular complexity index is 772. The van der Waals surface area contributed by atoms with Gasteiger partial charge in [0.2, 0.25) is 5.89 Å². The van der Waals surface area contributed by atoms with Crippen LogP contribution in [0.4, 0.5) is 0 Å². The van der Waals surface area contributed by atoms with Crippen LogP contribution in [0.2, 0.25) is 0 Å². The fourth-order valence-corrected chi connectivity index (χ4v) is 4.12. The van der Waals surface area contributed by atoms with Crippen molar-refractivity contribution in [2.75, 3.05) is 0 Å². The van der Waals surface area contributed by atoms with Gasteiger partial charge in [-0.2, -0.15) is 0 Å². The number of furan rings is 1. The fourth-order valence-electron chi connectivity index (χ4n) is 3.09. The van der Waals surface area contributed by atoms with E-state index in [-0.39, 0.29) is 5.54 Å². The van der Waals surface area contributed by atoms with E-state index in [9.17, 15) is 0 Å². The summed E-state index contributed by atoms with van der Waals surface area (Å²) in [4.78, 5) is 4.70. The normalized spacial score (nSPS) is 16.9. The molecule has 0 radical (unpaired) electrons. The van der Waals surface area contributed by atoms with Gasteiger partial charge in [0.15, 0.2) is 5.76 Å². The number of nitrogens with one attached hydrogen (secondary N) is 1. The number of hydrogen-bond acceptors (Lipinski definition) is 7. The zero-order valence-corrected chi connectivity index (χ0v) is 13.7. The van der Waals surface area contributed by atoms with E-state index >= 15 is 0 Å². The standard InChI is InChI=1S/C16H18N4O2S/c1-11-10-23-15(18-11)16(6-2-3-7-16)17-9-13-19-20-14(22-13)12-5-4-8-21-12/h4-5,8,10,17H,2-3,6-7,9H2,1H3. The third kappa shape index (κ3) is 2.82. The molecule has 1 N–H and O–H groups in total. The van der Waals surface area contributed by atoms with Gasteiger partial charge in [0.25, 0.3) is 5.89 Å². The highest BCUT2D eigenvalue weighted by atomic mass is 32.1. The summed E-state index contributed by atoms with van der Waals surface area (Å²) in [7, 11) is 0. The molecule has 7 heteroatoms. The molecule has 0 atom stereocenters. The molecule has 0 aliphatic heterocycles. The number of hydrogen-bond donors (Lipinski definition) is 1. The molecule has 6 nitrogen and oxygen atoms in total. The van der Waals surface area contributed by atoms with Gasteiger partial charge < -0.3 is 8.83 Å². The summed E-state index contributed by atoms with van der Waals surface area (Å²) in [5.41, 5.74) is 1.02. The molecule has 3 aromatic heterocycles. The zero-order valence-electron chi connectivity index (χ0n) is 12.9. The van der Waals surface area contributed by atoms with Crippen molar-refractivity contribution in [1.29, 1.82) is 0 Å². The molecule has 0 aromatic carbocycles. The number of rotatable bonds is 5. The van der Waals surface area contributed by atoms with E-state index in [0.717, 1.165) is 18.5 Å². The Morgan fingerprint density at radius 3 is 2.87 bits per heavy atom. The average Bonchev–Trinajstić information content (AvgIpc) is 3.32. The van der Waals surface area contributed by atoms with E-state index in [1.165, 1.54) is 17.8 Å². The maximum absolute atomic E-state index is 5.68. The quantitative estimate of drug-likeness (QED) is 0.769. The molecular formula is C16H18N4O2S. The first kappa shape index (κ1) is 14.6. The van der Waals surface area contributed by atoms with E-state index in [1.54, 1.807) is 23.7 Å². The summed E-state index contributed by atoms with van der Waals surface area (Å²) >= 11 is 1.73. The van der Waals surface area contributed by atoms with Crippen LogP contribution < -0.4 is 5.32 Å². The van der Waals surface area contributed by atoms with Gasteiger partial charge in [-0.25, -0.2) is 4.98 Å². The van der Waals surface area contributed by atoms with Crippen molar-refractivity contribution in [2.45, 2.75) is 44.7 Å². The Morgan fingerprint density at radius 1 is 1.30 bits per heavy atom. The van der Waals surface area contributed by atoms with Crippen LogP contribution in [0.25, 0.3) is 11.7 Å². The van der Waals surface area contributed by atoms with Crippen molar-refractivity contribution in [1.82, 2.24) is 20.5 Å². The van der Waals surface area contributed by atoms with Gasteiger partial charge in [-0.05, 0) is 31.9 Å². The van der Waals surface area contributed by atoms with Crippen molar-refractivity contribution >= 4 is 11.3 Å². The molecule has 1 aliphatic carbocycles. The lowest BCUT2D eigenvalue weighted by atomic mass is 9.98. The van der Waals surface area contributed by atoms with Gasteiger partial charge in [0, 0.05) is 11.1 Å². The van der Waals surface area contributed by atoms with Crippen molar-refractivity contribution in [3.05, 3.63) is 40.4 Å². The monoisotopic (exact) mass is 330 g/mol. The fraction of sp³-hybridized carbons (Fsp3) is 0.438. The lowest BCUT2D eigenvalue weighted by molar-refractivity contribution is 0.316. The summed E-state index contributed by atoms with van der Waals surface area (Å²) in [6, 6.07) is 3.61. The number of thiazole rings is 1. The topological polar surface area (TPSA) is 77.0 Å². The summed E-state index contributed by atoms with van der Waals surface area (Å²) in [5.74, 6) is 1.57. The highest BCUT2D eigenvalue weighted by molar-refractivity contribution is 7.09. The first-order chi connectivity index (χ1) is 11.3. The predicted molar refractivity (Wildman–Crippen MR) is 85.8 cm³/mol. The number of nitrogens with zero attached hydrogens (tertiary/aromatic N) is 3. The minimum absolute atomic E-state index is 0.0573. The van der Waals surface area contributed by atoms with Gasteiger partial charge >= 0.3 is 0 Å². The number of aryl methyl sites for hydroxylation is 1. The molecule has 0 unspecified atom stereocenters. The molecule has 0 spiro atoms. The SMILES string of the molecule is Cc1csc(C2(NCc3nnc(-c4ccco4)o3)CCCC2)n1. The number of aromatic nitrogens is 3. The van der Waals surface area contributed by atoms with Crippen molar-refractivity contribution in [3.8, 4) is 11.7 Å². The largest absolute Gasteiger partial charge is 0.459 e. The Balaban J connectivity index is 1.50. The Morgan fingerprint density at radius 2 is 2.17 bits per heavy atom. The van der Waals surface area contributed by atoms with Crippen LogP contribution in [-0.4, -0.2) is 15.2 Å². The van der Waals surface area contributed by atoms with E-state index in [1.807, 2.05) is 13.0 Å². The van der Waals surface area contributed by atoms with Crippen molar-refractivity contribution in [3.63, 3.8) is 0 Å². The molecule has 1 saturated carbocycles. The third-order valence-corrected chi connectivity index (χ3v) is 5.43. The zero-order chi connectivity index (χ0) is 15.7. The lowest BCUT2D eigenvalue weighted by Gasteiger charge is -2.27. The lowest BCUT2D eigenvalue weighted by Crippen LogP contribution is -2.39. The Hall–Kier alpha value is -1.99. The summed E-state index contributed by atoms with van der Waals surface area (Å²) in [6.45, 7) is 2.57. The van der Waals surface area contributed by atoms with E-state index in [4.69, 9.17) is 13.8 Å². The van der Waals surface area contributed by atoms with E-state index < -0.39 is 0 Å². The van der Waals surface area contributed by atoms with Gasteiger partial charge in [-0.1, -0.05) is 12.8 Å². The summed E-state index contributed by atoms with van der Waals surface area (Å²) < 4.78 is 11.0. The van der Waals surface area contributed by atoms with E-state index in [0.29, 0.717) is 24.1 Å². The molecule has 4 rings (SSSR count). The minimum Gasteiger partial charge on any atom is -0.459 e. The van der Waals surface area contributed by atoms with Crippen LogP contribution >= 0.6 is 11.3 Å². The molecule has 3 heterocycles. The first-order valence-electron chi connectivity index (χ1n) is 7.79. The Labute approximate surface area is 138 Å². The average molecular weight is 330 g/mol. The van der Waals surface area contributed by atoms with Crippen molar-refractivity contribution < 1.29 is 8.83 Å². The predicted octanol–water partition coefficient (Wildman–Crippen LogP) is 3.65. The smallest absolute Gasteiger partial charge is 0.283 e. The molecule has 3 aromatic rings. The third-order valence-electron chi connectivity index (χ3n) is 4.26. The van der Waals surface area contributed by atoms with Crippen LogP contribution in [0.3, 0.4) is 0 Å². The van der Waals surface area contributed by atoms with Gasteiger partial charge in [0.05, 0.1) is 18.3 Å². The Kier molecular flexibility index (Phi) is 3.74. The van der Waals surface area contributed by atoms with Crippen molar-refractivity contribution in [2.24, 2.45) is 0 Å². The van der Waals surface area contributed by atoms with E-state index in [2.05, 4.69) is 20.9 Å². The second kappa shape index (κ2) is 5.90. The van der Waals surface area contributed by atoms with Crippen LogP contribution in [0.5, 0.6) is 0 Å². The molecule has 1 aliphatic rings. The minimum atomic E-state index is -0.0573. The first-order valence-corrected chi connectivity index (χ1v) is 8.67. The second-order valence-electron chi connectivity index (χ2n) is 5.92. The van der Waals surface area contributed by atoms with Gasteiger partial charge in [-0.3, -0.25) is 5.32 Å². The summed E-state index contributed by atoms with van der Waals surface area (Å²) in [5, 5.41) is 15.0. The van der Waals surface area contributed by atoms with Crippen LogP contribution in [-0.2, 0) is 12.1 Å². The maximum Gasteiger partial charge on any atom is 0.283 e. The van der Waals surface area contributed by atoms with Gasteiger partial charge in [0.1, 0.15) is 5.01 Å². The van der Waals surface area contributed by atoms with Crippen LogP contribution in [0.1, 0.15) is 42.3 Å². The molecule has 0 bridgehead atoms.